The molecule has 0 saturated carbocycles. The molecule has 0 N–H and O–H groups in total. The number of non-ortho nitro benzene ring substituents is 1. The van der Waals surface area contributed by atoms with Gasteiger partial charge in [0.2, 0.25) is 12.6 Å². The van der Waals surface area contributed by atoms with E-state index >= 15 is 0 Å². The van der Waals surface area contributed by atoms with Crippen LogP contribution in [0.4, 0.5) is 5.69 Å². The molecular weight excluding hydrogens is 520 g/mol. The first-order valence-electron chi connectivity index (χ1n) is 10.6. The van der Waals surface area contributed by atoms with E-state index in [4.69, 9.17) is 13.9 Å². The quantitative estimate of drug-likeness (QED) is 0.269. The topological polar surface area (TPSA) is 112 Å². The summed E-state index contributed by atoms with van der Waals surface area (Å²) in [7, 11) is 0. The van der Waals surface area contributed by atoms with E-state index in [9.17, 15) is 19.7 Å². The van der Waals surface area contributed by atoms with Crippen LogP contribution in [-0.2, 0) is 6.54 Å². The van der Waals surface area contributed by atoms with Crippen LogP contribution in [0.3, 0.4) is 0 Å². The normalized spacial score (nSPS) is 16.1. The lowest BCUT2D eigenvalue weighted by Crippen LogP contribution is -2.29. The lowest BCUT2D eigenvalue weighted by Gasteiger charge is -2.25. The molecule has 9 nitrogen and oxygen atoms in total. The molecule has 35 heavy (non-hydrogen) atoms. The second-order valence-corrected chi connectivity index (χ2v) is 9.11. The fourth-order valence-corrected chi connectivity index (χ4v) is 4.91. The molecule has 3 aromatic carbocycles. The Morgan fingerprint density at radius 1 is 1.03 bits per heavy atom. The van der Waals surface area contributed by atoms with Crippen molar-refractivity contribution >= 4 is 38.5 Å². The number of halogens is 1. The van der Waals surface area contributed by atoms with E-state index in [2.05, 4.69) is 15.9 Å². The van der Waals surface area contributed by atoms with Crippen molar-refractivity contribution < 1.29 is 23.6 Å². The molecule has 0 aliphatic carbocycles. The number of benzene rings is 3. The van der Waals surface area contributed by atoms with Crippen LogP contribution in [0.15, 0.2) is 74.3 Å². The molecule has 6 rings (SSSR count). The monoisotopic (exact) mass is 534 g/mol. The molecule has 1 amide bonds. The molecule has 1 atom stereocenters. The third-order valence-corrected chi connectivity index (χ3v) is 6.61. The lowest BCUT2D eigenvalue weighted by molar-refractivity contribution is -0.384. The predicted octanol–water partition coefficient (Wildman–Crippen LogP) is 4.94. The van der Waals surface area contributed by atoms with Gasteiger partial charge in [0.15, 0.2) is 16.9 Å². The van der Waals surface area contributed by atoms with Gasteiger partial charge in [0.1, 0.15) is 5.58 Å². The average Bonchev–Trinajstić information content (AvgIpc) is 3.42. The Kier molecular flexibility index (Phi) is 4.85. The van der Waals surface area contributed by atoms with Crippen LogP contribution < -0.4 is 14.9 Å². The zero-order valence-corrected chi connectivity index (χ0v) is 19.5. The van der Waals surface area contributed by atoms with E-state index in [0.29, 0.717) is 26.9 Å². The van der Waals surface area contributed by atoms with Gasteiger partial charge >= 0.3 is 0 Å². The number of carbonyl (C=O) groups excluding carboxylic acids is 1. The molecule has 1 aromatic heterocycles. The largest absolute Gasteiger partial charge is 0.454 e. The SMILES string of the molecule is O=C1c2oc3ccc(Br)cc3c(=O)c2[C@H](c2cccc([N+](=O)[O-])c2)N1Cc1ccc2c(c1)OCO2. The summed E-state index contributed by atoms with van der Waals surface area (Å²) in [5.74, 6) is 0.621. The average molecular weight is 535 g/mol. The van der Waals surface area contributed by atoms with Crippen molar-refractivity contribution in [1.82, 2.24) is 4.90 Å². The van der Waals surface area contributed by atoms with Gasteiger partial charge in [0.25, 0.3) is 11.6 Å². The fraction of sp³-hybridized carbons (Fsp3) is 0.120. The van der Waals surface area contributed by atoms with Gasteiger partial charge in [-0.1, -0.05) is 34.1 Å². The zero-order chi connectivity index (χ0) is 24.3. The van der Waals surface area contributed by atoms with E-state index in [-0.39, 0.29) is 41.4 Å². The third-order valence-electron chi connectivity index (χ3n) is 6.11. The summed E-state index contributed by atoms with van der Waals surface area (Å²) in [5, 5.41) is 11.8. The number of amides is 1. The maximum atomic E-state index is 13.6. The number of ether oxygens (including phenoxy) is 2. The van der Waals surface area contributed by atoms with Crippen LogP contribution in [0.2, 0.25) is 0 Å². The highest BCUT2D eigenvalue weighted by Crippen LogP contribution is 2.41. The van der Waals surface area contributed by atoms with Crippen LogP contribution in [-0.4, -0.2) is 22.5 Å². The van der Waals surface area contributed by atoms with Crippen molar-refractivity contribution in [3.05, 3.63) is 108 Å². The van der Waals surface area contributed by atoms with Gasteiger partial charge in [0, 0.05) is 23.2 Å². The van der Waals surface area contributed by atoms with E-state index in [1.54, 1.807) is 42.5 Å². The van der Waals surface area contributed by atoms with Gasteiger partial charge in [-0.3, -0.25) is 19.7 Å². The highest BCUT2D eigenvalue weighted by atomic mass is 79.9. The molecule has 0 fully saturated rings. The molecular formula is C25H15BrN2O7. The first-order chi connectivity index (χ1) is 16.9. The van der Waals surface area contributed by atoms with E-state index < -0.39 is 16.9 Å². The molecule has 10 heteroatoms. The molecule has 0 spiro atoms. The minimum atomic E-state index is -0.873. The summed E-state index contributed by atoms with van der Waals surface area (Å²) in [6.45, 7) is 0.232. The summed E-state index contributed by atoms with van der Waals surface area (Å²) in [4.78, 5) is 39.7. The van der Waals surface area contributed by atoms with E-state index in [0.717, 1.165) is 5.56 Å². The van der Waals surface area contributed by atoms with E-state index in [1.165, 1.54) is 23.1 Å². The minimum absolute atomic E-state index is 0.0675. The summed E-state index contributed by atoms with van der Waals surface area (Å²) in [6.07, 6.45) is 0. The van der Waals surface area contributed by atoms with Gasteiger partial charge in [-0.05, 0) is 41.5 Å². The van der Waals surface area contributed by atoms with Gasteiger partial charge in [-0.2, -0.15) is 0 Å². The minimum Gasteiger partial charge on any atom is -0.454 e. The first-order valence-corrected chi connectivity index (χ1v) is 11.4. The fourth-order valence-electron chi connectivity index (χ4n) is 4.55. The predicted molar refractivity (Wildman–Crippen MR) is 128 cm³/mol. The van der Waals surface area contributed by atoms with Crippen LogP contribution in [0, 0.1) is 10.1 Å². The molecule has 4 aromatic rings. The molecule has 174 valence electrons. The van der Waals surface area contributed by atoms with Crippen molar-refractivity contribution in [1.29, 1.82) is 0 Å². The first kappa shape index (κ1) is 21.4. The third kappa shape index (κ3) is 3.45. The second kappa shape index (κ2) is 7.95. The van der Waals surface area contributed by atoms with Crippen LogP contribution in [0.5, 0.6) is 11.5 Å². The number of nitrogens with zero attached hydrogens (tertiary/aromatic N) is 2. The van der Waals surface area contributed by atoms with E-state index in [1.807, 2.05) is 0 Å². The van der Waals surface area contributed by atoms with Gasteiger partial charge in [-0.15, -0.1) is 0 Å². The summed E-state index contributed by atoms with van der Waals surface area (Å²) in [6, 6.07) is 15.4. The molecule has 0 unspecified atom stereocenters. The molecule has 2 aliphatic heterocycles. The van der Waals surface area contributed by atoms with Crippen molar-refractivity contribution in [3.8, 4) is 11.5 Å². The molecule has 3 heterocycles. The smallest absolute Gasteiger partial charge is 0.291 e. The number of fused-ring (bicyclic) bond motifs is 3. The van der Waals surface area contributed by atoms with Crippen molar-refractivity contribution in [2.45, 2.75) is 12.6 Å². The zero-order valence-electron chi connectivity index (χ0n) is 17.9. The number of nitro groups is 1. The van der Waals surface area contributed by atoms with Crippen molar-refractivity contribution in [2.24, 2.45) is 0 Å². The van der Waals surface area contributed by atoms with Crippen LogP contribution in [0.1, 0.15) is 33.3 Å². The molecule has 0 bridgehead atoms. The number of hydrogen-bond donors (Lipinski definition) is 0. The highest BCUT2D eigenvalue weighted by Gasteiger charge is 2.43. The van der Waals surface area contributed by atoms with Crippen molar-refractivity contribution in [2.75, 3.05) is 6.79 Å². The van der Waals surface area contributed by atoms with Crippen molar-refractivity contribution in [3.63, 3.8) is 0 Å². The number of nitro benzene ring substituents is 1. The summed E-state index contributed by atoms with van der Waals surface area (Å²) >= 11 is 3.37. The molecule has 2 aliphatic rings. The Bertz CT molecular complexity index is 1610. The maximum Gasteiger partial charge on any atom is 0.291 e. The molecule has 0 saturated heterocycles. The molecule has 0 radical (unpaired) electrons. The van der Waals surface area contributed by atoms with Crippen LogP contribution >= 0.6 is 15.9 Å². The summed E-state index contributed by atoms with van der Waals surface area (Å²) in [5.41, 5.74) is 1.12. The maximum absolute atomic E-state index is 13.6. The number of hydrogen-bond acceptors (Lipinski definition) is 7. The Morgan fingerprint density at radius 2 is 1.86 bits per heavy atom. The standard InChI is InChI=1S/C25H15BrN2O7/c26-15-5-7-18-17(10-15)23(29)21-22(14-2-1-3-16(9-14)28(31)32)27(25(30)24(21)35-18)11-13-4-6-19-20(8-13)34-12-33-19/h1-10,22H,11-12H2/t22-/m0/s1. The lowest BCUT2D eigenvalue weighted by atomic mass is 9.98. The Hall–Kier alpha value is -4.18. The Balaban J connectivity index is 1.54. The Morgan fingerprint density at radius 3 is 2.69 bits per heavy atom. The van der Waals surface area contributed by atoms with Gasteiger partial charge < -0.3 is 18.8 Å². The highest BCUT2D eigenvalue weighted by molar-refractivity contribution is 9.10. The number of rotatable bonds is 4. The van der Waals surface area contributed by atoms with Gasteiger partial charge in [-0.25, -0.2) is 0 Å². The second-order valence-electron chi connectivity index (χ2n) is 8.19. The summed E-state index contributed by atoms with van der Waals surface area (Å²) < 4.78 is 17.4. The van der Waals surface area contributed by atoms with Gasteiger partial charge in [0.05, 0.1) is 21.9 Å². The Labute approximate surface area is 205 Å². The van der Waals surface area contributed by atoms with Crippen LogP contribution in [0.25, 0.3) is 11.0 Å². The number of carbonyl (C=O) groups is 1.